The van der Waals surface area contributed by atoms with E-state index in [1.54, 1.807) is 6.07 Å². The minimum atomic E-state index is -0.0350. The number of aryl methyl sites for hydroxylation is 1. The fraction of sp³-hybridized carbons (Fsp3) is 0.333. The number of hydrogen-bond acceptors (Lipinski definition) is 2. The third-order valence-corrected chi connectivity index (χ3v) is 3.66. The number of hydrogen-bond donors (Lipinski definition) is 0. The summed E-state index contributed by atoms with van der Waals surface area (Å²) in [6.07, 6.45) is 0.759. The molecule has 0 radical (unpaired) electrons. The van der Waals surface area contributed by atoms with Gasteiger partial charge in [-0.2, -0.15) is 0 Å². The maximum atomic E-state index is 6.21. The highest BCUT2D eigenvalue weighted by Crippen LogP contribution is 2.30. The summed E-state index contributed by atoms with van der Waals surface area (Å²) in [6, 6.07) is 5.39. The Labute approximate surface area is 121 Å². The van der Waals surface area contributed by atoms with Crippen molar-refractivity contribution in [3.8, 4) is 0 Å². The van der Waals surface area contributed by atoms with Gasteiger partial charge in [-0.25, -0.2) is 0 Å². The first kappa shape index (κ1) is 13.7. The maximum absolute atomic E-state index is 6.21. The van der Waals surface area contributed by atoms with Gasteiger partial charge >= 0.3 is 0 Å². The summed E-state index contributed by atoms with van der Waals surface area (Å²) in [5.74, 6) is 0.832. The first-order chi connectivity index (χ1) is 8.54. The average Bonchev–Trinajstić information content (AvgIpc) is 2.69. The Hall–Kier alpha value is -0.770. The number of halogens is 3. The van der Waals surface area contributed by atoms with E-state index in [2.05, 4.69) is 10.2 Å². The largest absolute Gasteiger partial charge is 0.294 e. The lowest BCUT2D eigenvalue weighted by Gasteiger charge is -2.17. The van der Waals surface area contributed by atoms with Gasteiger partial charge in [0.15, 0.2) is 0 Å². The Morgan fingerprint density at radius 1 is 1.22 bits per heavy atom. The first-order valence-corrected chi connectivity index (χ1v) is 6.72. The highest BCUT2D eigenvalue weighted by Gasteiger charge is 2.18. The van der Waals surface area contributed by atoms with E-state index in [9.17, 15) is 0 Å². The highest BCUT2D eigenvalue weighted by molar-refractivity contribution is 6.35. The van der Waals surface area contributed by atoms with Gasteiger partial charge in [-0.1, -0.05) is 36.2 Å². The van der Waals surface area contributed by atoms with E-state index in [1.807, 2.05) is 30.5 Å². The van der Waals surface area contributed by atoms with Crippen molar-refractivity contribution >= 4 is 34.8 Å². The van der Waals surface area contributed by atoms with Crippen LogP contribution in [0.15, 0.2) is 18.2 Å². The molecule has 0 aliphatic carbocycles. The molecule has 1 atom stereocenters. The standard InChI is InChI=1S/C12H12Cl3N3/c1-3-11-16-17-12(15)18(11)7(2)9-5-4-8(13)6-10(9)14/h4-7H,3H2,1-2H3. The van der Waals surface area contributed by atoms with Gasteiger partial charge in [0.25, 0.3) is 0 Å². The van der Waals surface area contributed by atoms with E-state index in [4.69, 9.17) is 34.8 Å². The molecule has 0 bridgehead atoms. The molecule has 0 N–H and O–H groups in total. The number of nitrogens with zero attached hydrogens (tertiary/aromatic N) is 3. The first-order valence-electron chi connectivity index (χ1n) is 5.58. The van der Waals surface area contributed by atoms with Gasteiger partial charge in [0.05, 0.1) is 6.04 Å². The van der Waals surface area contributed by atoms with Crippen molar-refractivity contribution in [2.75, 3.05) is 0 Å². The topological polar surface area (TPSA) is 30.7 Å². The van der Waals surface area contributed by atoms with Crippen LogP contribution in [0.3, 0.4) is 0 Å². The minimum absolute atomic E-state index is 0.0350. The molecule has 18 heavy (non-hydrogen) atoms. The molecule has 96 valence electrons. The lowest BCUT2D eigenvalue weighted by molar-refractivity contribution is 0.606. The maximum Gasteiger partial charge on any atom is 0.225 e. The molecule has 0 saturated heterocycles. The van der Waals surface area contributed by atoms with Crippen molar-refractivity contribution in [1.29, 1.82) is 0 Å². The van der Waals surface area contributed by atoms with Crippen molar-refractivity contribution < 1.29 is 0 Å². The van der Waals surface area contributed by atoms with Crippen LogP contribution in [0.1, 0.15) is 31.3 Å². The van der Waals surface area contributed by atoms with Crippen molar-refractivity contribution in [3.63, 3.8) is 0 Å². The average molecular weight is 305 g/mol. The number of aromatic nitrogens is 3. The van der Waals surface area contributed by atoms with E-state index in [0.717, 1.165) is 17.8 Å². The molecule has 1 aromatic heterocycles. The summed E-state index contributed by atoms with van der Waals surface area (Å²) in [5.41, 5.74) is 0.942. The third kappa shape index (κ3) is 2.48. The SMILES string of the molecule is CCc1nnc(Cl)n1C(C)c1ccc(Cl)cc1Cl. The van der Waals surface area contributed by atoms with Crippen LogP contribution >= 0.6 is 34.8 Å². The van der Waals surface area contributed by atoms with E-state index in [0.29, 0.717) is 15.3 Å². The zero-order valence-corrected chi connectivity index (χ0v) is 12.3. The van der Waals surface area contributed by atoms with Gasteiger partial charge in [0, 0.05) is 16.5 Å². The summed E-state index contributed by atoms with van der Waals surface area (Å²) in [6.45, 7) is 4.01. The molecule has 0 aliphatic rings. The van der Waals surface area contributed by atoms with Crippen LogP contribution in [0.25, 0.3) is 0 Å². The molecule has 0 saturated carbocycles. The predicted molar refractivity (Wildman–Crippen MR) is 74.7 cm³/mol. The lowest BCUT2D eigenvalue weighted by atomic mass is 10.1. The molecule has 0 spiro atoms. The predicted octanol–water partition coefficient (Wildman–Crippen LogP) is 4.41. The summed E-state index contributed by atoms with van der Waals surface area (Å²) in [4.78, 5) is 0. The summed E-state index contributed by atoms with van der Waals surface area (Å²) < 4.78 is 1.87. The van der Waals surface area contributed by atoms with Crippen LogP contribution in [0.5, 0.6) is 0 Å². The number of benzene rings is 1. The fourth-order valence-electron chi connectivity index (χ4n) is 1.91. The molecule has 1 heterocycles. The van der Waals surface area contributed by atoms with E-state index in [-0.39, 0.29) is 6.04 Å². The van der Waals surface area contributed by atoms with Crippen LogP contribution in [0, 0.1) is 0 Å². The van der Waals surface area contributed by atoms with Crippen LogP contribution in [-0.2, 0) is 6.42 Å². The summed E-state index contributed by atoms with van der Waals surface area (Å²) >= 11 is 18.2. The lowest BCUT2D eigenvalue weighted by Crippen LogP contribution is -2.11. The van der Waals surface area contributed by atoms with Gasteiger partial charge < -0.3 is 0 Å². The molecular formula is C12H12Cl3N3. The summed E-state index contributed by atoms with van der Waals surface area (Å²) in [7, 11) is 0. The molecule has 3 nitrogen and oxygen atoms in total. The Bertz CT molecular complexity index is 566. The molecule has 1 aromatic carbocycles. The monoisotopic (exact) mass is 303 g/mol. The fourth-order valence-corrected chi connectivity index (χ4v) is 2.75. The van der Waals surface area contributed by atoms with Gasteiger partial charge in [-0.15, -0.1) is 10.2 Å². The second-order valence-electron chi connectivity index (χ2n) is 3.95. The third-order valence-electron chi connectivity index (χ3n) is 2.84. The highest BCUT2D eigenvalue weighted by atomic mass is 35.5. The molecule has 0 fully saturated rings. The molecule has 0 amide bonds. The quantitative estimate of drug-likeness (QED) is 0.841. The second kappa shape index (κ2) is 5.47. The van der Waals surface area contributed by atoms with Crippen LogP contribution in [0.4, 0.5) is 0 Å². The molecule has 2 rings (SSSR count). The zero-order valence-electron chi connectivity index (χ0n) is 9.99. The smallest absolute Gasteiger partial charge is 0.225 e. The minimum Gasteiger partial charge on any atom is -0.294 e. The van der Waals surface area contributed by atoms with Crippen LogP contribution in [0.2, 0.25) is 15.3 Å². The van der Waals surface area contributed by atoms with Gasteiger partial charge in [-0.3, -0.25) is 4.57 Å². The molecule has 2 aromatic rings. The number of rotatable bonds is 3. The normalized spacial score (nSPS) is 12.7. The van der Waals surface area contributed by atoms with Gasteiger partial charge in [0.1, 0.15) is 5.82 Å². The zero-order chi connectivity index (χ0) is 13.3. The van der Waals surface area contributed by atoms with Crippen LogP contribution in [-0.4, -0.2) is 14.8 Å². The van der Waals surface area contributed by atoms with Crippen molar-refractivity contribution in [2.45, 2.75) is 26.3 Å². The molecular weight excluding hydrogens is 293 g/mol. The van der Waals surface area contributed by atoms with E-state index >= 15 is 0 Å². The van der Waals surface area contributed by atoms with Gasteiger partial charge in [-0.05, 0) is 36.2 Å². The van der Waals surface area contributed by atoms with Crippen molar-refractivity contribution in [1.82, 2.24) is 14.8 Å². The summed E-state index contributed by atoms with van der Waals surface area (Å²) in [5, 5.41) is 9.52. The molecule has 0 aliphatic heterocycles. The molecule has 1 unspecified atom stereocenters. The van der Waals surface area contributed by atoms with E-state index < -0.39 is 0 Å². The Kier molecular flexibility index (Phi) is 4.15. The Morgan fingerprint density at radius 3 is 2.56 bits per heavy atom. The van der Waals surface area contributed by atoms with Crippen molar-refractivity contribution in [3.05, 3.63) is 44.9 Å². The second-order valence-corrected chi connectivity index (χ2v) is 5.13. The van der Waals surface area contributed by atoms with E-state index in [1.165, 1.54) is 0 Å². The Balaban J connectivity index is 2.47. The molecule has 6 heteroatoms. The van der Waals surface area contributed by atoms with Crippen LogP contribution < -0.4 is 0 Å². The van der Waals surface area contributed by atoms with Crippen molar-refractivity contribution in [2.24, 2.45) is 0 Å². The Morgan fingerprint density at radius 2 is 1.94 bits per heavy atom. The van der Waals surface area contributed by atoms with Gasteiger partial charge in [0.2, 0.25) is 5.28 Å².